The van der Waals surface area contributed by atoms with Crippen LogP contribution in [-0.2, 0) is 10.8 Å². The summed E-state index contributed by atoms with van der Waals surface area (Å²) >= 11 is 0. The Labute approximate surface area is 142 Å². The van der Waals surface area contributed by atoms with E-state index >= 15 is 0 Å². The van der Waals surface area contributed by atoms with E-state index in [4.69, 9.17) is 0 Å². The summed E-state index contributed by atoms with van der Waals surface area (Å²) in [6.07, 6.45) is 0. The van der Waals surface area contributed by atoms with Gasteiger partial charge in [0.15, 0.2) is 0 Å². The fourth-order valence-electron chi connectivity index (χ4n) is 1.78. The van der Waals surface area contributed by atoms with Crippen molar-refractivity contribution in [2.45, 2.75) is 44.4 Å². The van der Waals surface area contributed by atoms with Crippen LogP contribution in [0.5, 0.6) is 0 Å². The van der Waals surface area contributed by atoms with Crippen molar-refractivity contribution in [1.82, 2.24) is 5.32 Å². The molecule has 0 saturated carbocycles. The number of carbonyl (C=O) groups excluding carboxylic acids is 1. The summed E-state index contributed by atoms with van der Waals surface area (Å²) in [6.45, 7) is 9.92. The molecule has 0 aliphatic heterocycles. The predicted octanol–water partition coefficient (Wildman–Crippen LogP) is 4.57. The molecule has 3 nitrogen and oxygen atoms in total. The zero-order chi connectivity index (χ0) is 17.8. The highest BCUT2D eigenvalue weighted by Gasteiger charge is 2.16. The molecule has 1 unspecified atom stereocenters. The number of benzene rings is 2. The summed E-state index contributed by atoms with van der Waals surface area (Å²) in [7, 11) is 0.215. The minimum Gasteiger partial charge on any atom is -0.355 e. The highest BCUT2D eigenvalue weighted by Crippen LogP contribution is 2.21. The average Bonchev–Trinajstić information content (AvgIpc) is 2.64. The van der Waals surface area contributed by atoms with E-state index in [1.54, 1.807) is 31.3 Å². The van der Waals surface area contributed by atoms with Crippen molar-refractivity contribution in [3.05, 3.63) is 59.7 Å². The van der Waals surface area contributed by atoms with Crippen molar-refractivity contribution in [2.24, 2.45) is 0 Å². The van der Waals surface area contributed by atoms with Crippen LogP contribution < -0.4 is 5.32 Å². The van der Waals surface area contributed by atoms with Crippen LogP contribution in [0.4, 0.5) is 0 Å². The first kappa shape index (κ1) is 21.1. The molecule has 1 N–H and O–H groups in total. The van der Waals surface area contributed by atoms with Crippen molar-refractivity contribution in [3.63, 3.8) is 0 Å². The topological polar surface area (TPSA) is 46.2 Å². The molecule has 23 heavy (non-hydrogen) atoms. The molecule has 0 saturated heterocycles. The molecule has 0 spiro atoms. The largest absolute Gasteiger partial charge is 0.355 e. The molecule has 4 heteroatoms. The maximum Gasteiger partial charge on any atom is 0.252 e. The Balaban J connectivity index is 0.00000112. The lowest BCUT2D eigenvalue weighted by Gasteiger charge is -2.09. The van der Waals surface area contributed by atoms with E-state index < -0.39 is 10.8 Å². The number of hydrogen-bond donors (Lipinski definition) is 1. The number of rotatable bonds is 3. The van der Waals surface area contributed by atoms with E-state index in [-0.39, 0.29) is 5.91 Å². The molecule has 0 heterocycles. The van der Waals surface area contributed by atoms with Gasteiger partial charge in [-0.15, -0.1) is 0 Å². The van der Waals surface area contributed by atoms with E-state index in [9.17, 15) is 9.00 Å². The molecule has 0 fully saturated rings. The second-order valence-electron chi connectivity index (χ2n) is 4.16. The van der Waals surface area contributed by atoms with Gasteiger partial charge in [0.2, 0.25) is 0 Å². The molecule has 2 aromatic carbocycles. The minimum absolute atomic E-state index is 0.223. The van der Waals surface area contributed by atoms with Crippen LogP contribution >= 0.6 is 0 Å². The number of amides is 1. The van der Waals surface area contributed by atoms with Crippen molar-refractivity contribution in [3.8, 4) is 0 Å². The Morgan fingerprint density at radius 3 is 2.04 bits per heavy atom. The maximum atomic E-state index is 12.6. The number of nitrogens with one attached hydrogen (secondary N) is 1. The van der Waals surface area contributed by atoms with E-state index in [1.165, 1.54) is 0 Å². The zero-order valence-corrected chi connectivity index (χ0v) is 15.7. The fourth-order valence-corrected chi connectivity index (χ4v) is 3.09. The van der Waals surface area contributed by atoms with E-state index in [2.05, 4.69) is 5.32 Å². The van der Waals surface area contributed by atoms with Gasteiger partial charge in [0.05, 0.1) is 21.3 Å². The minimum atomic E-state index is -1.35. The zero-order valence-electron chi connectivity index (χ0n) is 14.8. The van der Waals surface area contributed by atoms with Crippen LogP contribution in [0.1, 0.15) is 43.6 Å². The SMILES string of the molecule is CC.CC.CNC(=O)c1ccc(C)cc1S(=O)c1ccccc1. The Bertz CT molecular complexity index is 625. The van der Waals surface area contributed by atoms with Crippen molar-refractivity contribution in [1.29, 1.82) is 0 Å². The van der Waals surface area contributed by atoms with Gasteiger partial charge in [-0.1, -0.05) is 52.0 Å². The monoisotopic (exact) mass is 333 g/mol. The van der Waals surface area contributed by atoms with Crippen LogP contribution in [0.15, 0.2) is 58.3 Å². The molecule has 0 aromatic heterocycles. The third-order valence-corrected chi connectivity index (χ3v) is 4.20. The summed E-state index contributed by atoms with van der Waals surface area (Å²) in [5, 5.41) is 2.57. The molecular weight excluding hydrogens is 306 g/mol. The molecule has 1 amide bonds. The molecule has 1 atom stereocenters. The first-order valence-electron chi connectivity index (χ1n) is 7.93. The van der Waals surface area contributed by atoms with Gasteiger partial charge in [-0.2, -0.15) is 0 Å². The molecule has 0 aliphatic carbocycles. The molecule has 0 bridgehead atoms. The summed E-state index contributed by atoms with van der Waals surface area (Å²) < 4.78 is 12.6. The van der Waals surface area contributed by atoms with Gasteiger partial charge in [0.25, 0.3) is 5.91 Å². The summed E-state index contributed by atoms with van der Waals surface area (Å²) in [5.41, 5.74) is 1.43. The Hall–Kier alpha value is -1.94. The average molecular weight is 333 g/mol. The van der Waals surface area contributed by atoms with Gasteiger partial charge >= 0.3 is 0 Å². The number of aryl methyl sites for hydroxylation is 1. The van der Waals surface area contributed by atoms with Gasteiger partial charge in [-0.3, -0.25) is 4.79 Å². The predicted molar refractivity (Wildman–Crippen MR) is 98.4 cm³/mol. The van der Waals surface area contributed by atoms with Crippen LogP contribution in [0.25, 0.3) is 0 Å². The van der Waals surface area contributed by atoms with E-state index in [0.29, 0.717) is 15.4 Å². The van der Waals surface area contributed by atoms with Crippen molar-refractivity contribution < 1.29 is 9.00 Å². The van der Waals surface area contributed by atoms with Crippen LogP contribution in [0, 0.1) is 6.92 Å². The standard InChI is InChI=1S/C15H15NO2S.2C2H6/c1-11-8-9-13(15(17)16-2)14(10-11)19(18)12-6-4-3-5-7-12;2*1-2/h3-10H,1-2H3,(H,16,17);2*1-2H3. The lowest BCUT2D eigenvalue weighted by atomic mass is 10.1. The molecule has 126 valence electrons. The Kier molecular flexibility index (Phi) is 10.6. The van der Waals surface area contributed by atoms with Gasteiger partial charge in [0, 0.05) is 11.9 Å². The van der Waals surface area contributed by atoms with Crippen LogP contribution in [-0.4, -0.2) is 17.2 Å². The number of hydrogen-bond acceptors (Lipinski definition) is 2. The van der Waals surface area contributed by atoms with E-state index in [0.717, 1.165) is 5.56 Å². The fraction of sp³-hybridized carbons (Fsp3) is 0.316. The smallest absolute Gasteiger partial charge is 0.252 e. The normalized spacial score (nSPS) is 10.3. The number of carbonyl (C=O) groups is 1. The maximum absolute atomic E-state index is 12.6. The molecule has 2 rings (SSSR count). The third kappa shape index (κ3) is 5.99. The second kappa shape index (κ2) is 11.6. The van der Waals surface area contributed by atoms with Gasteiger partial charge in [0.1, 0.15) is 0 Å². The second-order valence-corrected chi connectivity index (χ2v) is 5.61. The molecule has 2 aromatic rings. The van der Waals surface area contributed by atoms with Crippen LogP contribution in [0.2, 0.25) is 0 Å². The first-order valence-corrected chi connectivity index (χ1v) is 9.08. The molecule has 0 radical (unpaired) electrons. The van der Waals surface area contributed by atoms with E-state index in [1.807, 2.05) is 58.9 Å². The van der Waals surface area contributed by atoms with Gasteiger partial charge in [-0.05, 0) is 36.8 Å². The highest BCUT2D eigenvalue weighted by atomic mass is 32.2. The van der Waals surface area contributed by atoms with Crippen LogP contribution in [0.3, 0.4) is 0 Å². The highest BCUT2D eigenvalue weighted by molar-refractivity contribution is 7.85. The lowest BCUT2D eigenvalue weighted by Crippen LogP contribution is -2.20. The summed E-state index contributed by atoms with van der Waals surface area (Å²) in [4.78, 5) is 13.1. The lowest BCUT2D eigenvalue weighted by molar-refractivity contribution is 0.0960. The summed E-state index contributed by atoms with van der Waals surface area (Å²) in [6, 6.07) is 14.5. The van der Waals surface area contributed by atoms with Crippen molar-refractivity contribution in [2.75, 3.05) is 7.05 Å². The third-order valence-electron chi connectivity index (χ3n) is 2.77. The Morgan fingerprint density at radius 2 is 1.52 bits per heavy atom. The molecule has 0 aliphatic rings. The molecular formula is C19H27NO2S. The van der Waals surface area contributed by atoms with Gasteiger partial charge < -0.3 is 5.32 Å². The first-order chi connectivity index (χ1) is 11.1. The summed E-state index contributed by atoms with van der Waals surface area (Å²) in [5.74, 6) is -0.223. The quantitative estimate of drug-likeness (QED) is 0.894. The van der Waals surface area contributed by atoms with Gasteiger partial charge in [-0.25, -0.2) is 4.21 Å². The Morgan fingerprint density at radius 1 is 0.957 bits per heavy atom. The van der Waals surface area contributed by atoms with Crippen molar-refractivity contribution >= 4 is 16.7 Å².